The van der Waals surface area contributed by atoms with Gasteiger partial charge in [-0.1, -0.05) is 19.1 Å². The lowest BCUT2D eigenvalue weighted by Crippen LogP contribution is -2.46. The van der Waals surface area contributed by atoms with Gasteiger partial charge in [0.2, 0.25) is 0 Å². The van der Waals surface area contributed by atoms with Crippen LogP contribution in [0.5, 0.6) is 0 Å². The van der Waals surface area contributed by atoms with Gasteiger partial charge in [-0.25, -0.2) is 4.98 Å². The second kappa shape index (κ2) is 7.86. The number of fused-ring (bicyclic) bond motifs is 1. The van der Waals surface area contributed by atoms with Crippen molar-refractivity contribution in [2.75, 3.05) is 19.6 Å². The summed E-state index contributed by atoms with van der Waals surface area (Å²) in [5, 5.41) is 4.39. The molecule has 0 radical (unpaired) electrons. The maximum atomic E-state index is 13.1. The Morgan fingerprint density at radius 3 is 2.77 bits per heavy atom. The number of carbonyl (C=O) groups excluding carboxylic acids is 1. The van der Waals surface area contributed by atoms with Crippen LogP contribution in [0.25, 0.3) is 20.1 Å². The molecule has 0 atom stereocenters. The zero-order chi connectivity index (χ0) is 17.9. The van der Waals surface area contributed by atoms with Gasteiger partial charge in [-0.3, -0.25) is 4.79 Å². The third kappa shape index (κ3) is 3.54. The topological polar surface area (TPSA) is 45.2 Å². The Bertz CT molecular complexity index is 862. The highest BCUT2D eigenvalue weighted by molar-refractivity contribution is 7.26. The van der Waals surface area contributed by atoms with E-state index in [2.05, 4.69) is 23.2 Å². The van der Waals surface area contributed by atoms with Crippen LogP contribution in [0.1, 0.15) is 35.9 Å². The van der Waals surface area contributed by atoms with Crippen LogP contribution in [0, 0.1) is 0 Å². The van der Waals surface area contributed by atoms with E-state index in [1.165, 1.54) is 4.70 Å². The van der Waals surface area contributed by atoms with Crippen LogP contribution in [0.15, 0.2) is 36.4 Å². The number of thiophene rings is 1. The number of benzene rings is 1. The minimum atomic E-state index is 0.177. The molecule has 0 spiro atoms. The first-order valence-electron chi connectivity index (χ1n) is 9.23. The van der Waals surface area contributed by atoms with Gasteiger partial charge in [0.05, 0.1) is 20.0 Å². The molecule has 3 heterocycles. The number of nitrogens with zero attached hydrogens (tertiary/aromatic N) is 2. The van der Waals surface area contributed by atoms with E-state index in [1.807, 2.05) is 30.3 Å². The highest BCUT2D eigenvalue weighted by Crippen LogP contribution is 2.35. The average Bonchev–Trinajstić information content (AvgIpc) is 3.33. The number of hydrogen-bond donors (Lipinski definition) is 1. The highest BCUT2D eigenvalue weighted by atomic mass is 32.1. The molecule has 0 aliphatic carbocycles. The number of para-hydroxylation sites is 1. The standard InChI is InChI=1S/C20H23N3OS2/c1-2-13-23(14-9-11-21-12-10-14)20(24)18-8-7-17(25-18)19-22-15-5-3-4-6-16(15)26-19/h3-8,14,21H,2,9-13H2,1H3. The van der Waals surface area contributed by atoms with Crippen LogP contribution in [-0.2, 0) is 0 Å². The lowest BCUT2D eigenvalue weighted by molar-refractivity contribution is 0.0647. The maximum Gasteiger partial charge on any atom is 0.264 e. The Hall–Kier alpha value is -1.76. The Morgan fingerprint density at radius 1 is 1.19 bits per heavy atom. The van der Waals surface area contributed by atoms with Gasteiger partial charge in [-0.05, 0) is 56.6 Å². The molecule has 0 bridgehead atoms. The molecule has 1 saturated heterocycles. The molecule has 3 aromatic rings. The fourth-order valence-corrected chi connectivity index (χ4v) is 5.48. The molecule has 0 saturated carbocycles. The lowest BCUT2D eigenvalue weighted by Gasteiger charge is -2.34. The van der Waals surface area contributed by atoms with Crippen LogP contribution in [-0.4, -0.2) is 41.5 Å². The Balaban J connectivity index is 1.58. The number of hydrogen-bond acceptors (Lipinski definition) is 5. The highest BCUT2D eigenvalue weighted by Gasteiger charge is 2.26. The van der Waals surface area contributed by atoms with Crippen LogP contribution >= 0.6 is 22.7 Å². The molecule has 26 heavy (non-hydrogen) atoms. The zero-order valence-corrected chi connectivity index (χ0v) is 16.5. The molecule has 1 aromatic carbocycles. The van der Waals surface area contributed by atoms with Crippen molar-refractivity contribution in [2.45, 2.75) is 32.2 Å². The predicted octanol–water partition coefficient (Wildman–Crippen LogP) is 4.63. The lowest BCUT2D eigenvalue weighted by atomic mass is 10.0. The normalized spacial score (nSPS) is 15.4. The number of carbonyl (C=O) groups is 1. The summed E-state index contributed by atoms with van der Waals surface area (Å²) in [5.74, 6) is 0.177. The van der Waals surface area contributed by atoms with Gasteiger partial charge < -0.3 is 10.2 Å². The van der Waals surface area contributed by atoms with E-state index in [4.69, 9.17) is 4.98 Å². The van der Waals surface area contributed by atoms with Gasteiger partial charge in [0, 0.05) is 12.6 Å². The number of amides is 1. The summed E-state index contributed by atoms with van der Waals surface area (Å²) in [7, 11) is 0. The largest absolute Gasteiger partial charge is 0.335 e. The van der Waals surface area contributed by atoms with Crippen molar-refractivity contribution in [1.29, 1.82) is 0 Å². The second-order valence-electron chi connectivity index (χ2n) is 6.63. The first kappa shape index (κ1) is 17.6. The Morgan fingerprint density at radius 2 is 2.00 bits per heavy atom. The van der Waals surface area contributed by atoms with Crippen molar-refractivity contribution in [1.82, 2.24) is 15.2 Å². The van der Waals surface area contributed by atoms with Crippen LogP contribution < -0.4 is 5.32 Å². The minimum absolute atomic E-state index is 0.177. The van der Waals surface area contributed by atoms with Gasteiger partial charge in [-0.15, -0.1) is 22.7 Å². The zero-order valence-electron chi connectivity index (χ0n) is 14.9. The minimum Gasteiger partial charge on any atom is -0.335 e. The van der Waals surface area contributed by atoms with Crippen molar-refractivity contribution >= 4 is 38.8 Å². The van der Waals surface area contributed by atoms with Crippen molar-refractivity contribution < 1.29 is 4.79 Å². The molecule has 1 fully saturated rings. The van der Waals surface area contributed by atoms with E-state index < -0.39 is 0 Å². The van der Waals surface area contributed by atoms with Crippen LogP contribution in [0.3, 0.4) is 0 Å². The van der Waals surface area contributed by atoms with Gasteiger partial charge >= 0.3 is 0 Å². The summed E-state index contributed by atoms with van der Waals surface area (Å²) in [6.07, 6.45) is 3.08. The molecule has 4 nitrogen and oxygen atoms in total. The monoisotopic (exact) mass is 385 g/mol. The molecule has 136 valence electrons. The van der Waals surface area contributed by atoms with E-state index in [0.717, 1.165) is 59.2 Å². The summed E-state index contributed by atoms with van der Waals surface area (Å²) >= 11 is 3.26. The quantitative estimate of drug-likeness (QED) is 0.696. The molecule has 6 heteroatoms. The van der Waals surface area contributed by atoms with Gasteiger partial charge in [0.15, 0.2) is 0 Å². The molecule has 1 amide bonds. The van der Waals surface area contributed by atoms with E-state index >= 15 is 0 Å². The van der Waals surface area contributed by atoms with E-state index in [-0.39, 0.29) is 5.91 Å². The van der Waals surface area contributed by atoms with Crippen molar-refractivity contribution in [3.8, 4) is 9.88 Å². The van der Waals surface area contributed by atoms with E-state index in [9.17, 15) is 4.79 Å². The maximum absolute atomic E-state index is 13.1. The SMILES string of the molecule is CCCN(C(=O)c1ccc(-c2nc3ccccc3s2)s1)C1CCNCC1. The number of aromatic nitrogens is 1. The van der Waals surface area contributed by atoms with Gasteiger partial charge in [-0.2, -0.15) is 0 Å². The molecule has 1 aliphatic heterocycles. The smallest absolute Gasteiger partial charge is 0.264 e. The Kier molecular flexibility index (Phi) is 5.33. The summed E-state index contributed by atoms with van der Waals surface area (Å²) in [4.78, 5) is 21.9. The molecule has 1 aliphatic rings. The van der Waals surface area contributed by atoms with Crippen molar-refractivity contribution in [2.24, 2.45) is 0 Å². The number of thiazole rings is 1. The third-order valence-corrected chi connectivity index (χ3v) is 7.08. The molecular weight excluding hydrogens is 362 g/mol. The molecule has 0 unspecified atom stereocenters. The molecular formula is C20H23N3OS2. The first-order chi connectivity index (χ1) is 12.8. The van der Waals surface area contributed by atoms with Crippen molar-refractivity contribution in [3.05, 3.63) is 41.3 Å². The number of piperidine rings is 1. The second-order valence-corrected chi connectivity index (χ2v) is 8.74. The Labute approximate surface area is 161 Å². The van der Waals surface area contributed by atoms with Gasteiger partial charge in [0.25, 0.3) is 5.91 Å². The predicted molar refractivity (Wildman–Crippen MR) is 110 cm³/mol. The summed E-state index contributed by atoms with van der Waals surface area (Å²) < 4.78 is 1.19. The molecule has 4 rings (SSSR count). The van der Waals surface area contributed by atoms with Gasteiger partial charge in [0.1, 0.15) is 5.01 Å². The third-order valence-electron chi connectivity index (χ3n) is 4.80. The summed E-state index contributed by atoms with van der Waals surface area (Å²) in [6, 6.07) is 12.6. The summed E-state index contributed by atoms with van der Waals surface area (Å²) in [6.45, 7) is 4.97. The first-order valence-corrected chi connectivity index (χ1v) is 10.9. The van der Waals surface area contributed by atoms with Crippen LogP contribution in [0.4, 0.5) is 0 Å². The van der Waals surface area contributed by atoms with E-state index in [1.54, 1.807) is 22.7 Å². The fraction of sp³-hybridized carbons (Fsp3) is 0.400. The fourth-order valence-electron chi connectivity index (χ4n) is 3.50. The van der Waals surface area contributed by atoms with Crippen molar-refractivity contribution in [3.63, 3.8) is 0 Å². The average molecular weight is 386 g/mol. The van der Waals surface area contributed by atoms with Crippen LogP contribution in [0.2, 0.25) is 0 Å². The molecule has 2 aromatic heterocycles. The summed E-state index contributed by atoms with van der Waals surface area (Å²) in [5.41, 5.74) is 1.02. The number of rotatable bonds is 5. The molecule has 1 N–H and O–H groups in total. The number of nitrogens with one attached hydrogen (secondary N) is 1. The van der Waals surface area contributed by atoms with E-state index in [0.29, 0.717) is 6.04 Å².